The molecular weight excluding hydrogens is 144 g/mol. The first-order valence-corrected chi connectivity index (χ1v) is 3.42. The normalized spacial score (nSPS) is 9.64. The highest BCUT2D eigenvalue weighted by molar-refractivity contribution is 5.88. The number of carbonyl (C=O) groups excluding carboxylic acids is 1. The van der Waals surface area contributed by atoms with Gasteiger partial charge in [0.05, 0.1) is 12.8 Å². The van der Waals surface area contributed by atoms with Crippen molar-refractivity contribution in [1.82, 2.24) is 10.2 Å². The molecule has 4 heteroatoms. The van der Waals surface area contributed by atoms with Crippen LogP contribution in [0.25, 0.3) is 0 Å². The van der Waals surface area contributed by atoms with E-state index in [-0.39, 0.29) is 5.97 Å². The Morgan fingerprint density at radius 3 is 3.00 bits per heavy atom. The number of ether oxygens (including phenoxy) is 1. The largest absolute Gasteiger partial charge is 0.461 e. The standard InChI is InChI=1S/C7H10N2O2/c1-3-11-7(10)6-5(2)4-8-9-6/h4H,3H2,1-2H3,(H,8,9). The zero-order valence-corrected chi connectivity index (χ0v) is 6.55. The number of carbonyl (C=O) groups is 1. The van der Waals surface area contributed by atoms with Crippen LogP contribution in [0, 0.1) is 6.92 Å². The Bertz CT molecular complexity index is 255. The molecule has 1 aromatic heterocycles. The van der Waals surface area contributed by atoms with Gasteiger partial charge in [0.2, 0.25) is 0 Å². The maximum absolute atomic E-state index is 11.0. The summed E-state index contributed by atoms with van der Waals surface area (Å²) in [6.07, 6.45) is 1.59. The Balaban J connectivity index is 2.76. The van der Waals surface area contributed by atoms with E-state index in [1.807, 2.05) is 0 Å². The maximum Gasteiger partial charge on any atom is 0.356 e. The molecule has 0 radical (unpaired) electrons. The highest BCUT2D eigenvalue weighted by Crippen LogP contribution is 2.03. The third-order valence-electron chi connectivity index (χ3n) is 1.31. The van der Waals surface area contributed by atoms with Gasteiger partial charge in [-0.05, 0) is 13.8 Å². The van der Waals surface area contributed by atoms with Gasteiger partial charge in [0.15, 0.2) is 0 Å². The zero-order valence-electron chi connectivity index (χ0n) is 6.55. The molecule has 0 fully saturated rings. The molecule has 1 heterocycles. The average molecular weight is 154 g/mol. The molecule has 11 heavy (non-hydrogen) atoms. The molecule has 4 nitrogen and oxygen atoms in total. The lowest BCUT2D eigenvalue weighted by Crippen LogP contribution is -2.06. The fourth-order valence-electron chi connectivity index (χ4n) is 0.756. The highest BCUT2D eigenvalue weighted by atomic mass is 16.5. The molecule has 60 valence electrons. The molecule has 0 aliphatic carbocycles. The smallest absolute Gasteiger partial charge is 0.356 e. The van der Waals surface area contributed by atoms with Crippen molar-refractivity contribution in [1.29, 1.82) is 0 Å². The third-order valence-corrected chi connectivity index (χ3v) is 1.31. The van der Waals surface area contributed by atoms with E-state index in [9.17, 15) is 4.79 Å². The second-order valence-corrected chi connectivity index (χ2v) is 2.15. The van der Waals surface area contributed by atoms with Crippen molar-refractivity contribution in [3.8, 4) is 0 Å². The number of aromatic nitrogens is 2. The van der Waals surface area contributed by atoms with Gasteiger partial charge in [-0.2, -0.15) is 5.10 Å². The van der Waals surface area contributed by atoms with Crippen LogP contribution in [0.1, 0.15) is 23.0 Å². The van der Waals surface area contributed by atoms with Crippen LogP contribution in [0.15, 0.2) is 6.20 Å². The van der Waals surface area contributed by atoms with Gasteiger partial charge >= 0.3 is 5.97 Å². The number of aryl methyl sites for hydroxylation is 1. The SMILES string of the molecule is CCOC(=O)c1[nH]ncc1C. The number of hydrogen-bond acceptors (Lipinski definition) is 3. The summed E-state index contributed by atoms with van der Waals surface area (Å²) in [5, 5.41) is 6.26. The molecule has 0 aliphatic rings. The van der Waals surface area contributed by atoms with Crippen LogP contribution >= 0.6 is 0 Å². The summed E-state index contributed by atoms with van der Waals surface area (Å²) >= 11 is 0. The Labute approximate surface area is 64.6 Å². The minimum atomic E-state index is -0.345. The highest BCUT2D eigenvalue weighted by Gasteiger charge is 2.10. The fraction of sp³-hybridized carbons (Fsp3) is 0.429. The summed E-state index contributed by atoms with van der Waals surface area (Å²) in [4.78, 5) is 11.0. The zero-order chi connectivity index (χ0) is 8.27. The van der Waals surface area contributed by atoms with Crippen molar-refractivity contribution >= 4 is 5.97 Å². The Morgan fingerprint density at radius 1 is 1.82 bits per heavy atom. The lowest BCUT2D eigenvalue weighted by atomic mass is 10.3. The third kappa shape index (κ3) is 1.58. The molecule has 1 N–H and O–H groups in total. The van der Waals surface area contributed by atoms with Gasteiger partial charge in [-0.1, -0.05) is 0 Å². The van der Waals surface area contributed by atoms with E-state index in [1.165, 1.54) is 0 Å². The van der Waals surface area contributed by atoms with Gasteiger partial charge in [-0.25, -0.2) is 4.79 Å². The van der Waals surface area contributed by atoms with Crippen molar-refractivity contribution in [2.75, 3.05) is 6.61 Å². The molecule has 1 rings (SSSR count). The fourth-order valence-corrected chi connectivity index (χ4v) is 0.756. The topological polar surface area (TPSA) is 55.0 Å². The quantitative estimate of drug-likeness (QED) is 0.644. The first-order chi connectivity index (χ1) is 5.25. The molecule has 0 aliphatic heterocycles. The van der Waals surface area contributed by atoms with E-state index in [0.717, 1.165) is 5.56 Å². The number of nitrogens with zero attached hydrogens (tertiary/aromatic N) is 1. The number of nitrogens with one attached hydrogen (secondary N) is 1. The van der Waals surface area contributed by atoms with Crippen LogP contribution in [0.4, 0.5) is 0 Å². The van der Waals surface area contributed by atoms with Gasteiger partial charge < -0.3 is 4.74 Å². The Morgan fingerprint density at radius 2 is 2.55 bits per heavy atom. The summed E-state index contributed by atoms with van der Waals surface area (Å²) in [6, 6.07) is 0. The molecule has 0 amide bonds. The van der Waals surface area contributed by atoms with Crippen LogP contribution < -0.4 is 0 Å². The van der Waals surface area contributed by atoms with Gasteiger partial charge in [0.1, 0.15) is 5.69 Å². The first-order valence-electron chi connectivity index (χ1n) is 3.42. The lowest BCUT2D eigenvalue weighted by Gasteiger charge is -1.97. The van der Waals surface area contributed by atoms with Crippen LogP contribution in [0.2, 0.25) is 0 Å². The monoisotopic (exact) mass is 154 g/mol. The lowest BCUT2D eigenvalue weighted by molar-refractivity contribution is 0.0518. The molecular formula is C7H10N2O2. The maximum atomic E-state index is 11.0. The number of aromatic amines is 1. The first kappa shape index (κ1) is 7.78. The molecule has 0 saturated carbocycles. The van der Waals surface area contributed by atoms with E-state index in [2.05, 4.69) is 10.2 Å². The Kier molecular flexibility index (Phi) is 2.25. The predicted octanol–water partition coefficient (Wildman–Crippen LogP) is 0.895. The average Bonchev–Trinajstić information content (AvgIpc) is 2.36. The second kappa shape index (κ2) is 3.18. The van der Waals surface area contributed by atoms with Crippen LogP contribution in [-0.2, 0) is 4.74 Å². The van der Waals surface area contributed by atoms with Gasteiger partial charge in [0.25, 0.3) is 0 Å². The van der Waals surface area contributed by atoms with Crippen molar-refractivity contribution in [3.05, 3.63) is 17.5 Å². The van der Waals surface area contributed by atoms with Crippen molar-refractivity contribution in [2.45, 2.75) is 13.8 Å². The van der Waals surface area contributed by atoms with E-state index >= 15 is 0 Å². The van der Waals surface area contributed by atoms with Gasteiger partial charge in [0, 0.05) is 5.56 Å². The molecule has 0 unspecified atom stereocenters. The number of hydrogen-bond donors (Lipinski definition) is 1. The molecule has 0 atom stereocenters. The minimum absolute atomic E-state index is 0.345. The summed E-state index contributed by atoms with van der Waals surface area (Å²) in [6.45, 7) is 3.96. The summed E-state index contributed by atoms with van der Waals surface area (Å²) < 4.78 is 4.76. The van der Waals surface area contributed by atoms with Crippen molar-refractivity contribution in [2.24, 2.45) is 0 Å². The minimum Gasteiger partial charge on any atom is -0.461 e. The number of H-pyrrole nitrogens is 1. The molecule has 1 aromatic rings. The number of esters is 1. The van der Waals surface area contributed by atoms with E-state index in [1.54, 1.807) is 20.0 Å². The number of rotatable bonds is 2. The summed E-state index contributed by atoms with van der Waals surface area (Å²) in [7, 11) is 0. The van der Waals surface area contributed by atoms with Gasteiger partial charge in [-0.15, -0.1) is 0 Å². The Hall–Kier alpha value is -1.32. The van der Waals surface area contributed by atoms with E-state index in [4.69, 9.17) is 4.74 Å². The second-order valence-electron chi connectivity index (χ2n) is 2.15. The van der Waals surface area contributed by atoms with Crippen LogP contribution in [0.5, 0.6) is 0 Å². The van der Waals surface area contributed by atoms with E-state index in [0.29, 0.717) is 12.3 Å². The van der Waals surface area contributed by atoms with Gasteiger partial charge in [-0.3, -0.25) is 5.10 Å². The van der Waals surface area contributed by atoms with Crippen LogP contribution in [0.3, 0.4) is 0 Å². The van der Waals surface area contributed by atoms with Crippen molar-refractivity contribution in [3.63, 3.8) is 0 Å². The summed E-state index contributed by atoms with van der Waals surface area (Å²) in [5.41, 5.74) is 1.25. The molecule has 0 spiro atoms. The van der Waals surface area contributed by atoms with Crippen molar-refractivity contribution < 1.29 is 9.53 Å². The molecule has 0 aromatic carbocycles. The molecule has 0 saturated heterocycles. The molecule has 0 bridgehead atoms. The predicted molar refractivity (Wildman–Crippen MR) is 39.3 cm³/mol. The van der Waals surface area contributed by atoms with E-state index < -0.39 is 0 Å². The van der Waals surface area contributed by atoms with Crippen LogP contribution in [-0.4, -0.2) is 22.8 Å². The summed E-state index contributed by atoms with van der Waals surface area (Å²) in [5.74, 6) is -0.345.